The van der Waals surface area contributed by atoms with Crippen LogP contribution in [0.3, 0.4) is 0 Å². The minimum Gasteiger partial charge on any atom is -0.497 e. The second-order valence-electron chi connectivity index (χ2n) is 19.9. The monoisotopic (exact) mass is 918 g/mol. The number of benzene rings is 6. The fraction of sp³-hybridized carbons (Fsp3) is 0.345. The molecule has 6 aromatic carbocycles. The molecule has 6 aromatic rings. The molecule has 0 atom stereocenters. The highest BCUT2D eigenvalue weighted by Gasteiger charge is 2.57. The Bertz CT molecular complexity index is 2820. The van der Waals surface area contributed by atoms with Gasteiger partial charge in [0.25, 0.3) is 0 Å². The molecule has 4 aliphatic rings. The lowest BCUT2D eigenvalue weighted by atomic mass is 9.52. The van der Waals surface area contributed by atoms with Crippen molar-refractivity contribution in [1.29, 1.82) is 0 Å². The highest BCUT2D eigenvalue weighted by molar-refractivity contribution is 6.12. The summed E-state index contributed by atoms with van der Waals surface area (Å²) in [5.41, 5.74) is 2.75. The highest BCUT2D eigenvalue weighted by atomic mass is 19.4. The second kappa shape index (κ2) is 15.7. The van der Waals surface area contributed by atoms with Gasteiger partial charge in [0.05, 0.1) is 33.1 Å². The van der Waals surface area contributed by atoms with Crippen molar-refractivity contribution in [2.24, 2.45) is 10.8 Å². The summed E-state index contributed by atoms with van der Waals surface area (Å²) < 4.78 is 116. The van der Waals surface area contributed by atoms with Crippen LogP contribution in [0.4, 0.5) is 37.7 Å². The van der Waals surface area contributed by atoms with E-state index in [2.05, 4.69) is 44.7 Å². The van der Waals surface area contributed by atoms with Crippen LogP contribution in [0.5, 0.6) is 17.2 Å². The lowest BCUT2D eigenvalue weighted by Crippen LogP contribution is -2.48. The molecule has 1 saturated carbocycles. The predicted octanol–water partition coefficient (Wildman–Crippen LogP) is 14.1. The van der Waals surface area contributed by atoms with Crippen molar-refractivity contribution < 1.29 is 45.3 Å². The number of alkyl halides is 6. The van der Waals surface area contributed by atoms with Crippen molar-refractivity contribution in [3.8, 4) is 39.5 Å². The smallest absolute Gasteiger partial charge is 0.491 e. The van der Waals surface area contributed by atoms with Gasteiger partial charge in [0.1, 0.15) is 17.2 Å². The average molecular weight is 919 g/mol. The number of nitrogens with zero attached hydrogens (tertiary/aromatic N) is 2. The number of rotatable bonds is 7. The molecule has 0 bridgehead atoms. The van der Waals surface area contributed by atoms with Crippen LogP contribution in [-0.2, 0) is 15.8 Å². The largest absolute Gasteiger partial charge is 0.497 e. The van der Waals surface area contributed by atoms with Crippen LogP contribution in [0.15, 0.2) is 115 Å². The molecule has 0 amide bonds. The summed E-state index contributed by atoms with van der Waals surface area (Å²) in [7, 11) is 3.16. The predicted molar refractivity (Wildman–Crippen MR) is 251 cm³/mol. The number of methoxy groups -OCH3 is 2. The molecular weight excluding hydrogens is 867 g/mol. The standard InChI is InChI=1S/C55H52F6N2O4/c1-50(2)31-51(3,4)33-52(32-50)45-10-8-7-9-40(45)47-43-30-46(63(54(56,57)58)55(59,60)61)42(34-11-17-37(18-12-34)62-25-27-66-28-26-62)29-44(43)49-41(48(47)52)23-24-53(67-49,35-13-19-38(64-5)20-14-35)36-15-21-39(65-6)22-16-36/h7-24,29-30H,25-28,31-33H2,1-6H3. The van der Waals surface area contributed by atoms with Gasteiger partial charge in [0, 0.05) is 51.8 Å². The Morgan fingerprint density at radius 2 is 1.21 bits per heavy atom. The minimum absolute atomic E-state index is 0.178. The summed E-state index contributed by atoms with van der Waals surface area (Å²) >= 11 is 0. The Hall–Kier alpha value is -6.14. The van der Waals surface area contributed by atoms with Crippen LogP contribution in [0.2, 0.25) is 0 Å². The molecule has 0 radical (unpaired) electrons. The number of morpholine rings is 1. The summed E-state index contributed by atoms with van der Waals surface area (Å²) in [4.78, 5) is 0.727. The summed E-state index contributed by atoms with van der Waals surface area (Å²) in [6.45, 7) is 11.2. The van der Waals surface area contributed by atoms with Crippen LogP contribution in [0, 0.1) is 10.8 Å². The van der Waals surface area contributed by atoms with Crippen molar-refractivity contribution in [3.63, 3.8) is 0 Å². The molecule has 12 heteroatoms. The molecule has 348 valence electrons. The molecule has 0 aromatic heterocycles. The Labute approximate surface area is 386 Å². The van der Waals surface area contributed by atoms with Crippen molar-refractivity contribution in [3.05, 3.63) is 143 Å². The number of hydrogen-bond donors (Lipinski definition) is 0. The molecule has 2 heterocycles. The first-order valence-electron chi connectivity index (χ1n) is 22.6. The third-order valence-electron chi connectivity index (χ3n) is 14.2. The van der Waals surface area contributed by atoms with E-state index in [1.807, 2.05) is 72.8 Å². The lowest BCUT2D eigenvalue weighted by Gasteiger charge is -2.52. The molecule has 67 heavy (non-hydrogen) atoms. The minimum atomic E-state index is -5.83. The average Bonchev–Trinajstić information content (AvgIpc) is 3.55. The van der Waals surface area contributed by atoms with E-state index in [0.29, 0.717) is 67.3 Å². The van der Waals surface area contributed by atoms with Gasteiger partial charge in [-0.25, -0.2) is 0 Å². The molecular formula is C55H52F6N2O4. The van der Waals surface area contributed by atoms with Gasteiger partial charge in [-0.2, -0.15) is 4.90 Å². The number of hydrogen-bond acceptors (Lipinski definition) is 6. The van der Waals surface area contributed by atoms with E-state index in [0.717, 1.165) is 51.6 Å². The SMILES string of the molecule is COc1ccc(C2(c3ccc(OC)cc3)C=Cc3c4c(c5cc(N(C(F)(F)F)C(F)(F)F)c(-c6ccc(N7CCOCC7)cc6)cc5c3O2)-c2ccccc2C42CC(C)(C)CC(C)(C)C2)cc1. The van der Waals surface area contributed by atoms with Gasteiger partial charge in [-0.05, 0) is 118 Å². The van der Waals surface area contributed by atoms with Crippen molar-refractivity contribution in [1.82, 2.24) is 0 Å². The normalized spacial score (nSPS) is 18.8. The lowest BCUT2D eigenvalue weighted by molar-refractivity contribution is -0.226. The zero-order valence-corrected chi connectivity index (χ0v) is 38.3. The van der Waals surface area contributed by atoms with Gasteiger partial charge < -0.3 is 23.8 Å². The van der Waals surface area contributed by atoms with E-state index in [4.69, 9.17) is 18.9 Å². The summed E-state index contributed by atoms with van der Waals surface area (Å²) in [6.07, 6.45) is -5.27. The van der Waals surface area contributed by atoms with Crippen LogP contribution < -0.4 is 24.0 Å². The molecule has 1 saturated heterocycles. The molecule has 6 nitrogen and oxygen atoms in total. The Morgan fingerprint density at radius 1 is 0.642 bits per heavy atom. The quantitative estimate of drug-likeness (QED) is 0.117. The summed E-state index contributed by atoms with van der Waals surface area (Å²) in [6, 6.07) is 32.1. The zero-order valence-electron chi connectivity index (χ0n) is 38.3. The molecule has 0 unspecified atom stereocenters. The van der Waals surface area contributed by atoms with Gasteiger partial charge >= 0.3 is 12.6 Å². The Kier molecular flexibility index (Phi) is 10.5. The Morgan fingerprint density at radius 3 is 1.76 bits per heavy atom. The molecule has 2 fully saturated rings. The van der Waals surface area contributed by atoms with E-state index in [-0.39, 0.29) is 27.3 Å². The maximum atomic E-state index is 15.3. The molecule has 2 aliphatic heterocycles. The molecule has 10 rings (SSSR count). The first kappa shape index (κ1) is 44.7. The summed E-state index contributed by atoms with van der Waals surface area (Å²) in [5, 5.41) is 0.612. The molecule has 0 N–H and O–H groups in total. The van der Waals surface area contributed by atoms with E-state index < -0.39 is 34.2 Å². The number of halogens is 6. The van der Waals surface area contributed by atoms with Crippen molar-refractivity contribution >= 4 is 28.2 Å². The third-order valence-corrected chi connectivity index (χ3v) is 14.2. The van der Waals surface area contributed by atoms with Gasteiger partial charge in [0.2, 0.25) is 0 Å². The van der Waals surface area contributed by atoms with Gasteiger partial charge in [-0.15, -0.1) is 26.3 Å². The van der Waals surface area contributed by atoms with Crippen molar-refractivity contribution in [2.45, 2.75) is 70.6 Å². The number of ether oxygens (including phenoxy) is 4. The number of anilines is 2. The van der Waals surface area contributed by atoms with E-state index in [9.17, 15) is 0 Å². The highest BCUT2D eigenvalue weighted by Crippen LogP contribution is 2.67. The maximum absolute atomic E-state index is 15.3. The zero-order chi connectivity index (χ0) is 47.3. The fourth-order valence-corrected chi connectivity index (χ4v) is 12.4. The van der Waals surface area contributed by atoms with Crippen LogP contribution in [-0.4, -0.2) is 53.1 Å². The van der Waals surface area contributed by atoms with E-state index >= 15 is 26.3 Å². The van der Waals surface area contributed by atoms with Crippen LogP contribution >= 0.6 is 0 Å². The number of fused-ring (bicyclic) bond motifs is 10. The first-order chi connectivity index (χ1) is 31.8. The van der Waals surface area contributed by atoms with Gasteiger partial charge in [0.15, 0.2) is 5.60 Å². The van der Waals surface area contributed by atoms with Crippen LogP contribution in [0.1, 0.15) is 74.8 Å². The Balaban J connectivity index is 1.34. The first-order valence-corrected chi connectivity index (χ1v) is 22.6. The van der Waals surface area contributed by atoms with E-state index in [1.165, 1.54) is 6.07 Å². The summed E-state index contributed by atoms with van der Waals surface area (Å²) in [5.74, 6) is 1.60. The van der Waals surface area contributed by atoms with Crippen molar-refractivity contribution in [2.75, 3.05) is 50.3 Å². The van der Waals surface area contributed by atoms with Crippen LogP contribution in [0.25, 0.3) is 39.1 Å². The van der Waals surface area contributed by atoms with E-state index in [1.54, 1.807) is 38.5 Å². The second-order valence-corrected chi connectivity index (χ2v) is 19.9. The fourth-order valence-electron chi connectivity index (χ4n) is 12.4. The third kappa shape index (κ3) is 7.46. The maximum Gasteiger partial charge on any atom is 0.491 e. The van der Waals surface area contributed by atoms with Gasteiger partial charge in [-0.3, -0.25) is 0 Å². The van der Waals surface area contributed by atoms with Gasteiger partial charge in [-0.1, -0.05) is 94.4 Å². The molecule has 1 spiro atoms. The topological polar surface area (TPSA) is 43.4 Å². The molecule has 2 aliphatic carbocycles.